The van der Waals surface area contributed by atoms with E-state index in [2.05, 4.69) is 24.9 Å². The first-order valence-corrected chi connectivity index (χ1v) is 9.79. The summed E-state index contributed by atoms with van der Waals surface area (Å²) in [5.74, 6) is -0.500. The molecule has 1 heterocycles. The Hall–Kier alpha value is -2.81. The number of carbonyl (C=O) groups excluding carboxylic acids is 2. The lowest BCUT2D eigenvalue weighted by atomic mass is 10.3. The van der Waals surface area contributed by atoms with E-state index in [0.29, 0.717) is 17.4 Å². The van der Waals surface area contributed by atoms with Crippen molar-refractivity contribution in [1.82, 2.24) is 15.3 Å². The third-order valence-corrected chi connectivity index (χ3v) is 4.73. The number of anilines is 1. The van der Waals surface area contributed by atoms with Gasteiger partial charge in [-0.05, 0) is 18.6 Å². The van der Waals surface area contributed by atoms with Crippen molar-refractivity contribution in [1.29, 1.82) is 0 Å². The molecule has 0 aliphatic heterocycles. The molecule has 0 aliphatic rings. The number of hydrogen-bond donors (Lipinski definition) is 2. The second kappa shape index (κ2) is 11.1. The molecule has 1 amide bonds. The number of nitrogens with zero attached hydrogens (tertiary/aromatic N) is 2. The van der Waals surface area contributed by atoms with Gasteiger partial charge in [-0.15, -0.1) is 0 Å². The Morgan fingerprint density at radius 3 is 2.75 bits per heavy atom. The second-order valence-electron chi connectivity index (χ2n) is 6.04. The topological polar surface area (TPSA) is 104 Å². The molecule has 2 N–H and O–H groups in total. The highest BCUT2D eigenvalue weighted by Gasteiger charge is 2.09. The summed E-state index contributed by atoms with van der Waals surface area (Å²) < 4.78 is 4.57. The molecule has 0 bridgehead atoms. The van der Waals surface area contributed by atoms with Crippen LogP contribution in [0, 0.1) is 0 Å². The van der Waals surface area contributed by atoms with E-state index < -0.39 is 5.97 Å². The van der Waals surface area contributed by atoms with Gasteiger partial charge in [0.25, 0.3) is 5.56 Å². The third kappa shape index (κ3) is 7.43. The van der Waals surface area contributed by atoms with Gasteiger partial charge in [0.1, 0.15) is 0 Å². The van der Waals surface area contributed by atoms with Crippen LogP contribution in [0.2, 0.25) is 0 Å². The van der Waals surface area contributed by atoms with Crippen LogP contribution < -0.4 is 15.8 Å². The van der Waals surface area contributed by atoms with Crippen molar-refractivity contribution < 1.29 is 14.3 Å². The van der Waals surface area contributed by atoms with E-state index in [1.54, 1.807) is 0 Å². The van der Waals surface area contributed by atoms with Crippen LogP contribution in [0.3, 0.4) is 0 Å². The lowest BCUT2D eigenvalue weighted by Crippen LogP contribution is -2.29. The lowest BCUT2D eigenvalue weighted by Gasteiger charge is -2.19. The number of hydrogen-bond acceptors (Lipinski definition) is 7. The van der Waals surface area contributed by atoms with Crippen LogP contribution in [0.4, 0.5) is 5.69 Å². The van der Waals surface area contributed by atoms with Gasteiger partial charge in [0.2, 0.25) is 5.91 Å². The fourth-order valence-electron chi connectivity index (χ4n) is 2.40. The van der Waals surface area contributed by atoms with Crippen molar-refractivity contribution in [3.8, 4) is 0 Å². The maximum atomic E-state index is 12.0. The Bertz CT molecular complexity index is 841. The first-order chi connectivity index (χ1) is 13.5. The highest BCUT2D eigenvalue weighted by atomic mass is 32.2. The molecule has 28 heavy (non-hydrogen) atoms. The summed E-state index contributed by atoms with van der Waals surface area (Å²) in [6.07, 6.45) is 0.723. The molecule has 0 fully saturated rings. The Labute approximate surface area is 167 Å². The predicted octanol–water partition coefficient (Wildman–Crippen LogP) is 1.22. The molecule has 150 valence electrons. The highest BCUT2D eigenvalue weighted by molar-refractivity contribution is 7.99. The number of thioether (sulfide) groups is 1. The van der Waals surface area contributed by atoms with Crippen LogP contribution in [0.15, 0.2) is 46.3 Å². The lowest BCUT2D eigenvalue weighted by molar-refractivity contribution is -0.139. The second-order valence-corrected chi connectivity index (χ2v) is 7.01. The Morgan fingerprint density at radius 1 is 1.29 bits per heavy atom. The Kier molecular flexibility index (Phi) is 8.54. The molecule has 0 radical (unpaired) electrons. The normalized spacial score (nSPS) is 10.4. The minimum atomic E-state index is -0.479. The standard InChI is InChI=1S/C19H24N4O4S/c1-23(15-7-4-3-5-8-15)10-6-9-20-17(25)13-28-19-21-14(11-16(24)22-19)12-18(26)27-2/h3-5,7-8,11H,6,9-10,12-13H2,1-2H3,(H,20,25)(H,21,22,24). The van der Waals surface area contributed by atoms with Crippen LogP contribution in [0.1, 0.15) is 12.1 Å². The zero-order valence-electron chi connectivity index (χ0n) is 15.9. The number of esters is 1. The van der Waals surface area contributed by atoms with Crippen molar-refractivity contribution in [3.63, 3.8) is 0 Å². The molecule has 2 rings (SSSR count). The minimum absolute atomic E-state index is 0.0882. The molecular formula is C19H24N4O4S. The molecule has 0 spiro atoms. The summed E-state index contributed by atoms with van der Waals surface area (Å²) in [5, 5.41) is 3.15. The molecule has 2 aromatic rings. The summed E-state index contributed by atoms with van der Waals surface area (Å²) in [4.78, 5) is 43.8. The van der Waals surface area contributed by atoms with Crippen molar-refractivity contribution in [2.45, 2.75) is 18.0 Å². The van der Waals surface area contributed by atoms with Gasteiger partial charge in [0.15, 0.2) is 5.16 Å². The van der Waals surface area contributed by atoms with E-state index in [4.69, 9.17) is 0 Å². The highest BCUT2D eigenvalue weighted by Crippen LogP contribution is 2.12. The average Bonchev–Trinajstić information content (AvgIpc) is 2.69. The van der Waals surface area contributed by atoms with E-state index in [0.717, 1.165) is 30.4 Å². The maximum Gasteiger partial charge on any atom is 0.311 e. The number of rotatable bonds is 10. The number of amides is 1. The molecule has 0 unspecified atom stereocenters. The largest absolute Gasteiger partial charge is 0.469 e. The predicted molar refractivity (Wildman–Crippen MR) is 109 cm³/mol. The number of aromatic amines is 1. The zero-order chi connectivity index (χ0) is 20.4. The SMILES string of the molecule is COC(=O)Cc1cc(=O)[nH]c(SCC(=O)NCCCN(C)c2ccccc2)n1. The van der Waals surface area contributed by atoms with Crippen LogP contribution in [0.25, 0.3) is 0 Å². The first-order valence-electron chi connectivity index (χ1n) is 8.80. The molecule has 1 aromatic heterocycles. The van der Waals surface area contributed by atoms with Crippen molar-refractivity contribution >= 4 is 29.3 Å². The number of H-pyrrole nitrogens is 1. The molecule has 9 heteroatoms. The maximum absolute atomic E-state index is 12.0. The molecule has 0 aliphatic carbocycles. The van der Waals surface area contributed by atoms with E-state index in [1.165, 1.54) is 13.2 Å². The van der Waals surface area contributed by atoms with Crippen LogP contribution in [-0.2, 0) is 20.7 Å². The number of nitrogens with one attached hydrogen (secondary N) is 2. The Morgan fingerprint density at radius 2 is 2.04 bits per heavy atom. The van der Waals surface area contributed by atoms with Crippen molar-refractivity contribution in [2.24, 2.45) is 0 Å². The quantitative estimate of drug-likeness (QED) is 0.265. The van der Waals surface area contributed by atoms with E-state index >= 15 is 0 Å². The number of para-hydroxylation sites is 1. The van der Waals surface area contributed by atoms with E-state index in [-0.39, 0.29) is 23.6 Å². The van der Waals surface area contributed by atoms with Gasteiger partial charge in [-0.1, -0.05) is 30.0 Å². The van der Waals surface area contributed by atoms with Gasteiger partial charge < -0.3 is 19.9 Å². The molecule has 0 atom stereocenters. The zero-order valence-corrected chi connectivity index (χ0v) is 16.8. The minimum Gasteiger partial charge on any atom is -0.469 e. The van der Waals surface area contributed by atoms with Crippen molar-refractivity contribution in [3.05, 3.63) is 52.4 Å². The van der Waals surface area contributed by atoms with Gasteiger partial charge in [-0.3, -0.25) is 14.4 Å². The van der Waals surface area contributed by atoms with Crippen LogP contribution in [0.5, 0.6) is 0 Å². The van der Waals surface area contributed by atoms with E-state index in [1.807, 2.05) is 37.4 Å². The average molecular weight is 404 g/mol. The van der Waals surface area contributed by atoms with Crippen molar-refractivity contribution in [2.75, 3.05) is 37.9 Å². The van der Waals surface area contributed by atoms with Crippen LogP contribution >= 0.6 is 11.8 Å². The summed E-state index contributed by atoms with van der Waals surface area (Å²) in [6, 6.07) is 11.3. The van der Waals surface area contributed by atoms with Gasteiger partial charge in [0.05, 0.1) is 25.0 Å². The molecular weight excluding hydrogens is 380 g/mol. The van der Waals surface area contributed by atoms with E-state index in [9.17, 15) is 14.4 Å². The number of ether oxygens (including phenoxy) is 1. The van der Waals surface area contributed by atoms with Gasteiger partial charge in [-0.25, -0.2) is 4.98 Å². The fraction of sp³-hybridized carbons (Fsp3) is 0.368. The summed E-state index contributed by atoms with van der Waals surface area (Å²) in [6.45, 7) is 1.38. The van der Waals surface area contributed by atoms with Gasteiger partial charge in [-0.2, -0.15) is 0 Å². The Balaban J connectivity index is 1.72. The fourth-order valence-corrected chi connectivity index (χ4v) is 3.13. The van der Waals surface area contributed by atoms with Crippen LogP contribution in [-0.4, -0.2) is 54.8 Å². The molecule has 1 aromatic carbocycles. The first kappa shape index (κ1) is 21.5. The summed E-state index contributed by atoms with van der Waals surface area (Å²) in [5.41, 5.74) is 1.06. The number of benzene rings is 1. The summed E-state index contributed by atoms with van der Waals surface area (Å²) in [7, 11) is 3.28. The summed E-state index contributed by atoms with van der Waals surface area (Å²) >= 11 is 1.11. The number of aromatic nitrogens is 2. The van der Waals surface area contributed by atoms with Gasteiger partial charge in [0, 0.05) is 31.9 Å². The molecule has 8 nitrogen and oxygen atoms in total. The van der Waals surface area contributed by atoms with Gasteiger partial charge >= 0.3 is 5.97 Å². The number of methoxy groups -OCH3 is 1. The smallest absolute Gasteiger partial charge is 0.311 e. The third-order valence-electron chi connectivity index (χ3n) is 3.86. The number of carbonyl (C=O) groups is 2. The molecule has 0 saturated heterocycles. The molecule has 0 saturated carbocycles. The monoisotopic (exact) mass is 404 g/mol.